The molecule has 3 aromatic heterocycles. The van der Waals surface area contributed by atoms with Crippen molar-refractivity contribution in [1.29, 1.82) is 10.5 Å². The molecule has 8 heterocycles. The van der Waals surface area contributed by atoms with Crippen LogP contribution >= 0.6 is 22.9 Å². The lowest BCUT2D eigenvalue weighted by molar-refractivity contribution is -0.147. The number of nitrogens with one attached hydrogen (secondary N) is 1. The van der Waals surface area contributed by atoms with E-state index in [0.29, 0.717) is 36.3 Å². The zero-order chi connectivity index (χ0) is 61.1. The number of fused-ring (bicyclic) bond motifs is 5. The highest BCUT2D eigenvalue weighted by Crippen LogP contribution is 2.48. The molecule has 0 radical (unpaired) electrons. The van der Waals surface area contributed by atoms with Crippen LogP contribution in [0.4, 0.5) is 24.4 Å². The Morgan fingerprint density at radius 2 is 1.83 bits per heavy atom. The largest absolute Gasteiger partial charge is 0.486 e. The maximum atomic E-state index is 17.9. The Labute approximate surface area is 505 Å². The number of hydrogen-bond donors (Lipinski definition) is 1. The summed E-state index contributed by atoms with van der Waals surface area (Å²) in [6.45, 7) is 18.0. The smallest absolute Gasteiger partial charge is 0.412 e. The Kier molecular flexibility index (Phi) is 16.3. The van der Waals surface area contributed by atoms with Gasteiger partial charge in [-0.1, -0.05) is 38.1 Å². The highest BCUT2D eigenvalue weighted by molar-refractivity contribution is 7.23. The van der Waals surface area contributed by atoms with Crippen molar-refractivity contribution in [2.75, 3.05) is 63.2 Å². The number of ether oxygens (including phenoxy) is 4. The number of pyridine rings is 1. The zero-order valence-electron chi connectivity index (χ0n) is 49.0. The van der Waals surface area contributed by atoms with E-state index in [9.17, 15) is 29.7 Å². The predicted molar refractivity (Wildman–Crippen MR) is 324 cm³/mol. The monoisotopic (exact) mass is 1210 g/mol. The van der Waals surface area contributed by atoms with E-state index in [2.05, 4.69) is 40.8 Å². The molecule has 0 saturated carbocycles. The van der Waals surface area contributed by atoms with Crippen LogP contribution in [0.1, 0.15) is 102 Å². The minimum absolute atomic E-state index is 0.00488. The number of amides is 2. The van der Waals surface area contributed by atoms with E-state index in [1.54, 1.807) is 38.7 Å². The number of esters is 1. The van der Waals surface area contributed by atoms with E-state index in [4.69, 9.17) is 45.5 Å². The van der Waals surface area contributed by atoms with Crippen molar-refractivity contribution in [3.8, 4) is 35.0 Å². The second-order valence-corrected chi connectivity index (χ2v) is 25.0. The van der Waals surface area contributed by atoms with Crippen LogP contribution in [0, 0.1) is 40.2 Å². The first-order valence-corrected chi connectivity index (χ1v) is 30.1. The highest BCUT2D eigenvalue weighted by atomic mass is 35.5. The number of benzene rings is 3. The molecule has 22 heteroatoms. The van der Waals surface area contributed by atoms with Crippen LogP contribution < -0.4 is 19.7 Å². The molecule has 0 bridgehead atoms. The molecule has 2 amide bonds. The number of nitriles is 2. The number of carbonyl (C=O) groups is 4. The maximum Gasteiger partial charge on any atom is 0.412 e. The van der Waals surface area contributed by atoms with E-state index in [-0.39, 0.29) is 116 Å². The molecule has 5 aliphatic heterocycles. The summed E-state index contributed by atoms with van der Waals surface area (Å²) in [4.78, 5) is 75.2. The van der Waals surface area contributed by atoms with Crippen molar-refractivity contribution in [3.05, 3.63) is 105 Å². The van der Waals surface area contributed by atoms with Crippen LogP contribution in [-0.4, -0.2) is 130 Å². The molecule has 2 unspecified atom stereocenters. The third kappa shape index (κ3) is 10.8. The Balaban J connectivity index is 0.881. The number of aromatic nitrogens is 3. The minimum atomic E-state index is -0.893. The topological polar surface area (TPSA) is 216 Å². The lowest BCUT2D eigenvalue weighted by atomic mass is 9.89. The van der Waals surface area contributed by atoms with Gasteiger partial charge in [-0.3, -0.25) is 24.6 Å². The summed E-state index contributed by atoms with van der Waals surface area (Å²) < 4.78 is 57.4. The second kappa shape index (κ2) is 23.6. The average molecular weight is 1210 g/mol. The number of thiophene rings is 1. The van der Waals surface area contributed by atoms with E-state index in [1.165, 1.54) is 12.1 Å². The molecule has 5 aliphatic rings. The molecule has 446 valence electrons. The molecule has 86 heavy (non-hydrogen) atoms. The molecule has 3 fully saturated rings. The van der Waals surface area contributed by atoms with Gasteiger partial charge >= 0.3 is 18.1 Å². The van der Waals surface area contributed by atoms with E-state index in [1.807, 2.05) is 37.1 Å². The third-order valence-electron chi connectivity index (χ3n) is 17.2. The van der Waals surface area contributed by atoms with Crippen LogP contribution in [-0.2, 0) is 36.8 Å². The van der Waals surface area contributed by atoms with Crippen molar-refractivity contribution < 1.29 is 46.9 Å². The van der Waals surface area contributed by atoms with Crippen molar-refractivity contribution in [2.45, 2.75) is 116 Å². The number of aldehydes is 1. The molecule has 1 N–H and O–H groups in total. The fourth-order valence-corrected chi connectivity index (χ4v) is 14.3. The van der Waals surface area contributed by atoms with Crippen molar-refractivity contribution >= 4 is 95.6 Å². The SMILES string of the molecule is C=C(C(=O)N1CCN(c2nc(OCC34CCCN3CCC4)nc3c(F)c(-c4ccc(F)c5sc(NC(=O)OC(C)(C)C)c(C#N)c45)c(Cl)cc23)C[C@@H]1CC#N)C(C)Oc1ccc2nc3c(c(CC)c2c1)CN(C)/C3=C\C1=C(C=O)COC(=O)C1CC. The van der Waals surface area contributed by atoms with Crippen molar-refractivity contribution in [1.82, 2.24) is 29.7 Å². The number of rotatable bonds is 15. The predicted octanol–water partition coefficient (Wildman–Crippen LogP) is 11.6. The average Bonchev–Trinajstić information content (AvgIpc) is 1.50. The summed E-state index contributed by atoms with van der Waals surface area (Å²) in [6, 6.07) is 13.1. The summed E-state index contributed by atoms with van der Waals surface area (Å²) in [5.74, 6) is -2.19. The number of anilines is 2. The molecule has 0 spiro atoms. The Morgan fingerprint density at radius 1 is 1.06 bits per heavy atom. The molecule has 0 aliphatic carbocycles. The van der Waals surface area contributed by atoms with Gasteiger partial charge in [-0.05, 0) is 132 Å². The standard InChI is InChI=1S/C64H65ClF2N10O8S/c1-9-39-43-25-38(13-16-49(43)70-54-46(39)30-74(8)50(54)27-42-36(31-78)32-82-60(80)40(42)10-2)84-35(4)34(3)59(79)77-24-23-75(29-37(77)17-20-68)57-44-26-47(65)52(53(67)55(44)71-61(72-57)83-33-64-18-11-21-76(64)22-12-19-64)41-14-15-48(66)56-51(41)45(28-69)58(86-56)73-62(81)85-63(5,6)7/h13-16,25-27,31,35,37,40H,3,9-12,17-19,21-24,29-30,32-33H2,1-2,4-8H3,(H,73,81)/b50-27-/t35?,37-,40?/m0/s1. The van der Waals surface area contributed by atoms with E-state index >= 15 is 8.78 Å². The first-order valence-electron chi connectivity index (χ1n) is 28.9. The number of piperazine rings is 1. The molecule has 3 saturated heterocycles. The normalized spacial score (nSPS) is 19.4. The lowest BCUT2D eigenvalue weighted by Crippen LogP contribution is -2.56. The van der Waals surface area contributed by atoms with Gasteiger partial charge in [0.1, 0.15) is 65.2 Å². The molecule has 3 aromatic carbocycles. The number of cyclic esters (lactones) is 1. The summed E-state index contributed by atoms with van der Waals surface area (Å²) in [6.07, 6.45) is 5.92. The number of carbonyl (C=O) groups excluding carboxylic acids is 4. The van der Waals surface area contributed by atoms with Crippen LogP contribution in [0.25, 0.3) is 48.7 Å². The van der Waals surface area contributed by atoms with Crippen LogP contribution in [0.3, 0.4) is 0 Å². The third-order valence-corrected chi connectivity index (χ3v) is 18.6. The first-order chi connectivity index (χ1) is 41.2. The number of halogens is 3. The van der Waals surface area contributed by atoms with Gasteiger partial charge < -0.3 is 33.6 Å². The summed E-state index contributed by atoms with van der Waals surface area (Å²) in [5.41, 5.74) is 4.13. The Morgan fingerprint density at radius 3 is 2.52 bits per heavy atom. The molecule has 3 atom stereocenters. The zero-order valence-corrected chi connectivity index (χ0v) is 50.6. The minimum Gasteiger partial charge on any atom is -0.486 e. The van der Waals surface area contributed by atoms with Crippen LogP contribution in [0.15, 0.2) is 65.8 Å². The molecular weight excluding hydrogens is 1140 g/mol. The van der Waals surface area contributed by atoms with Crippen molar-refractivity contribution in [3.63, 3.8) is 0 Å². The fraction of sp³-hybridized carbons (Fsp3) is 0.422. The fourth-order valence-electron chi connectivity index (χ4n) is 13.0. The van der Waals surface area contributed by atoms with E-state index < -0.39 is 47.3 Å². The van der Waals surface area contributed by atoms with Gasteiger partial charge in [0, 0.05) is 71.7 Å². The molecule has 6 aromatic rings. The van der Waals surface area contributed by atoms with Gasteiger partial charge in [0.2, 0.25) is 0 Å². The summed E-state index contributed by atoms with van der Waals surface area (Å²) >= 11 is 7.94. The number of hydrogen-bond acceptors (Lipinski definition) is 17. The lowest BCUT2D eigenvalue weighted by Gasteiger charge is -2.42. The van der Waals surface area contributed by atoms with Gasteiger partial charge in [0.05, 0.1) is 62.2 Å². The van der Waals surface area contributed by atoms with Gasteiger partial charge in [0.15, 0.2) is 5.82 Å². The molecular formula is C64H65ClF2N10O8S. The Hall–Kier alpha value is -8.24. The number of aryl methyl sites for hydroxylation is 1. The van der Waals surface area contributed by atoms with Gasteiger partial charge in [-0.15, -0.1) is 11.3 Å². The highest BCUT2D eigenvalue weighted by Gasteiger charge is 2.45. The second-order valence-electron chi connectivity index (χ2n) is 23.6. The summed E-state index contributed by atoms with van der Waals surface area (Å²) in [7, 11) is 1.95. The number of nitrogens with zero attached hydrogens (tertiary/aromatic N) is 9. The molecule has 11 rings (SSSR count). The van der Waals surface area contributed by atoms with Crippen molar-refractivity contribution in [2.24, 2.45) is 5.92 Å². The maximum absolute atomic E-state index is 17.9. The van der Waals surface area contributed by atoms with Crippen LogP contribution in [0.2, 0.25) is 5.02 Å². The Bertz CT molecular complexity index is 3990. The quantitative estimate of drug-likeness (QED) is 0.0574. The molecule has 18 nitrogen and oxygen atoms in total. The first kappa shape index (κ1) is 59.5. The summed E-state index contributed by atoms with van der Waals surface area (Å²) in [5, 5.41) is 24.4. The van der Waals surface area contributed by atoms with Gasteiger partial charge in [-0.25, -0.2) is 18.6 Å². The van der Waals surface area contributed by atoms with E-state index in [0.717, 1.165) is 95.9 Å². The van der Waals surface area contributed by atoms with Gasteiger partial charge in [-0.2, -0.15) is 20.5 Å². The van der Waals surface area contributed by atoms with Gasteiger partial charge in [0.25, 0.3) is 5.91 Å². The van der Waals surface area contributed by atoms with Crippen LogP contribution in [0.5, 0.6) is 11.8 Å². The number of allylic oxidation sites excluding steroid dienone is 1.